The maximum atomic E-state index is 12.5. The standard InChI is InChI=1S/C14H12F3N/c15-14(16,17)13-5-1-3-11(9-13)6-7-12-4-2-8-18-10-12/h1-5,8-10H,6-7H2. The molecule has 1 nitrogen and oxygen atoms in total. The van der Waals surface area contributed by atoms with Crippen LogP contribution in [0.25, 0.3) is 0 Å². The van der Waals surface area contributed by atoms with Crippen molar-refractivity contribution in [3.63, 3.8) is 0 Å². The molecule has 0 atom stereocenters. The van der Waals surface area contributed by atoms with Gasteiger partial charge in [-0.2, -0.15) is 13.2 Å². The van der Waals surface area contributed by atoms with E-state index in [9.17, 15) is 13.2 Å². The van der Waals surface area contributed by atoms with Gasteiger partial charge in [-0.3, -0.25) is 4.98 Å². The van der Waals surface area contributed by atoms with Gasteiger partial charge in [0.05, 0.1) is 5.56 Å². The molecule has 94 valence electrons. The number of nitrogens with zero attached hydrogens (tertiary/aromatic N) is 1. The number of aromatic nitrogens is 1. The third kappa shape index (κ3) is 3.32. The van der Waals surface area contributed by atoms with Gasteiger partial charge in [-0.05, 0) is 36.1 Å². The summed E-state index contributed by atoms with van der Waals surface area (Å²) in [5.41, 5.74) is 1.12. The average molecular weight is 251 g/mol. The molecule has 1 aromatic carbocycles. The van der Waals surface area contributed by atoms with Crippen molar-refractivity contribution in [2.45, 2.75) is 19.0 Å². The van der Waals surface area contributed by atoms with Crippen LogP contribution in [0.5, 0.6) is 0 Å². The fraction of sp³-hybridized carbons (Fsp3) is 0.214. The van der Waals surface area contributed by atoms with Crippen LogP contribution in [0.2, 0.25) is 0 Å². The zero-order chi connectivity index (χ0) is 13.0. The summed E-state index contributed by atoms with van der Waals surface area (Å²) in [7, 11) is 0. The molecular weight excluding hydrogens is 239 g/mol. The van der Waals surface area contributed by atoms with Gasteiger partial charge in [0.25, 0.3) is 0 Å². The van der Waals surface area contributed by atoms with Crippen molar-refractivity contribution < 1.29 is 13.2 Å². The molecule has 4 heteroatoms. The maximum Gasteiger partial charge on any atom is 0.416 e. The Morgan fingerprint density at radius 1 is 0.944 bits per heavy atom. The van der Waals surface area contributed by atoms with Gasteiger partial charge in [0.15, 0.2) is 0 Å². The minimum Gasteiger partial charge on any atom is -0.264 e. The molecule has 0 fully saturated rings. The molecule has 0 aliphatic heterocycles. The van der Waals surface area contributed by atoms with Crippen LogP contribution in [0.15, 0.2) is 48.8 Å². The monoisotopic (exact) mass is 251 g/mol. The van der Waals surface area contributed by atoms with Gasteiger partial charge in [-0.15, -0.1) is 0 Å². The largest absolute Gasteiger partial charge is 0.416 e. The Labute approximate surface area is 103 Å². The van der Waals surface area contributed by atoms with Crippen LogP contribution in [-0.4, -0.2) is 4.98 Å². The highest BCUT2D eigenvalue weighted by Crippen LogP contribution is 2.29. The molecule has 0 radical (unpaired) electrons. The highest BCUT2D eigenvalue weighted by atomic mass is 19.4. The Morgan fingerprint density at radius 3 is 2.33 bits per heavy atom. The lowest BCUT2D eigenvalue weighted by Gasteiger charge is -2.08. The van der Waals surface area contributed by atoms with Crippen LogP contribution in [0.4, 0.5) is 13.2 Å². The van der Waals surface area contributed by atoms with Crippen molar-refractivity contribution in [2.75, 3.05) is 0 Å². The summed E-state index contributed by atoms with van der Waals surface area (Å²) < 4.78 is 37.6. The summed E-state index contributed by atoms with van der Waals surface area (Å²) in [6.45, 7) is 0. The van der Waals surface area contributed by atoms with Crippen molar-refractivity contribution in [1.82, 2.24) is 4.98 Å². The summed E-state index contributed by atoms with van der Waals surface area (Å²) in [6.07, 6.45) is 0.399. The first-order valence-corrected chi connectivity index (χ1v) is 5.61. The quantitative estimate of drug-likeness (QED) is 0.806. The van der Waals surface area contributed by atoms with Gasteiger partial charge in [0.2, 0.25) is 0 Å². The van der Waals surface area contributed by atoms with E-state index in [-0.39, 0.29) is 0 Å². The molecule has 0 unspecified atom stereocenters. The molecule has 2 rings (SSSR count). The van der Waals surface area contributed by atoms with Crippen LogP contribution in [0.3, 0.4) is 0 Å². The van der Waals surface area contributed by atoms with E-state index >= 15 is 0 Å². The molecule has 1 aromatic heterocycles. The number of hydrogen-bond acceptors (Lipinski definition) is 1. The zero-order valence-electron chi connectivity index (χ0n) is 9.61. The Bertz CT molecular complexity index is 506. The van der Waals surface area contributed by atoms with Gasteiger partial charge >= 0.3 is 6.18 Å². The fourth-order valence-electron chi connectivity index (χ4n) is 1.74. The van der Waals surface area contributed by atoms with Crippen LogP contribution in [0.1, 0.15) is 16.7 Å². The molecule has 0 saturated carbocycles. The van der Waals surface area contributed by atoms with Crippen LogP contribution in [-0.2, 0) is 19.0 Å². The van der Waals surface area contributed by atoms with Gasteiger partial charge in [-0.25, -0.2) is 0 Å². The van der Waals surface area contributed by atoms with E-state index in [0.717, 1.165) is 11.6 Å². The minimum absolute atomic E-state index is 0.579. The summed E-state index contributed by atoms with van der Waals surface area (Å²) in [5, 5.41) is 0. The minimum atomic E-state index is -4.27. The Balaban J connectivity index is 2.06. The normalized spacial score (nSPS) is 11.5. The van der Waals surface area contributed by atoms with E-state index in [1.807, 2.05) is 12.1 Å². The Morgan fingerprint density at radius 2 is 1.67 bits per heavy atom. The van der Waals surface area contributed by atoms with Gasteiger partial charge in [0.1, 0.15) is 0 Å². The molecule has 0 amide bonds. The first kappa shape index (κ1) is 12.6. The smallest absolute Gasteiger partial charge is 0.264 e. The molecule has 0 N–H and O–H groups in total. The summed E-state index contributed by atoms with van der Waals surface area (Å²) in [6, 6.07) is 9.19. The van der Waals surface area contributed by atoms with Crippen molar-refractivity contribution in [3.05, 3.63) is 65.5 Å². The third-order valence-corrected chi connectivity index (χ3v) is 2.68. The van der Waals surface area contributed by atoms with Crippen molar-refractivity contribution in [3.8, 4) is 0 Å². The first-order chi connectivity index (χ1) is 8.55. The molecule has 1 heterocycles. The second kappa shape index (κ2) is 5.21. The van der Waals surface area contributed by atoms with Crippen molar-refractivity contribution in [1.29, 1.82) is 0 Å². The van der Waals surface area contributed by atoms with Crippen LogP contribution >= 0.6 is 0 Å². The zero-order valence-corrected chi connectivity index (χ0v) is 9.61. The van der Waals surface area contributed by atoms with Gasteiger partial charge in [0, 0.05) is 12.4 Å². The number of alkyl halides is 3. The fourth-order valence-corrected chi connectivity index (χ4v) is 1.74. The van der Waals surface area contributed by atoms with E-state index in [2.05, 4.69) is 4.98 Å². The van der Waals surface area contributed by atoms with Crippen molar-refractivity contribution in [2.24, 2.45) is 0 Å². The lowest BCUT2D eigenvalue weighted by atomic mass is 10.0. The summed E-state index contributed by atoms with van der Waals surface area (Å²) in [4.78, 5) is 3.97. The second-order valence-electron chi connectivity index (χ2n) is 4.06. The molecule has 0 aliphatic carbocycles. The lowest BCUT2D eigenvalue weighted by molar-refractivity contribution is -0.137. The Kier molecular flexibility index (Phi) is 3.65. The molecule has 18 heavy (non-hydrogen) atoms. The summed E-state index contributed by atoms with van der Waals surface area (Å²) in [5.74, 6) is 0. The number of halogens is 3. The molecule has 0 spiro atoms. The van der Waals surface area contributed by atoms with Crippen LogP contribution in [0, 0.1) is 0 Å². The van der Waals surface area contributed by atoms with E-state index in [0.29, 0.717) is 18.4 Å². The maximum absolute atomic E-state index is 12.5. The van der Waals surface area contributed by atoms with E-state index < -0.39 is 11.7 Å². The number of hydrogen-bond donors (Lipinski definition) is 0. The molecule has 0 bridgehead atoms. The Hall–Kier alpha value is -1.84. The number of rotatable bonds is 3. The van der Waals surface area contributed by atoms with E-state index in [1.54, 1.807) is 18.5 Å². The molecular formula is C14H12F3N. The predicted octanol–water partition coefficient (Wildman–Crippen LogP) is 3.89. The molecule has 0 aliphatic rings. The summed E-state index contributed by atoms with van der Waals surface area (Å²) >= 11 is 0. The van der Waals surface area contributed by atoms with Gasteiger partial charge < -0.3 is 0 Å². The van der Waals surface area contributed by atoms with Crippen molar-refractivity contribution >= 4 is 0 Å². The lowest BCUT2D eigenvalue weighted by Crippen LogP contribution is -2.05. The van der Waals surface area contributed by atoms with E-state index in [4.69, 9.17) is 0 Å². The molecule has 0 saturated heterocycles. The van der Waals surface area contributed by atoms with Crippen LogP contribution < -0.4 is 0 Å². The second-order valence-corrected chi connectivity index (χ2v) is 4.06. The highest BCUT2D eigenvalue weighted by Gasteiger charge is 2.30. The third-order valence-electron chi connectivity index (χ3n) is 2.68. The number of aryl methyl sites for hydroxylation is 2. The first-order valence-electron chi connectivity index (χ1n) is 5.61. The van der Waals surface area contributed by atoms with E-state index in [1.165, 1.54) is 12.1 Å². The van der Waals surface area contributed by atoms with Gasteiger partial charge in [-0.1, -0.05) is 24.3 Å². The predicted molar refractivity (Wildman–Crippen MR) is 63.1 cm³/mol. The number of benzene rings is 1. The highest BCUT2D eigenvalue weighted by molar-refractivity contribution is 5.26. The average Bonchev–Trinajstić information content (AvgIpc) is 2.37. The molecule has 2 aromatic rings. The topological polar surface area (TPSA) is 12.9 Å². The SMILES string of the molecule is FC(F)(F)c1cccc(CCc2cccnc2)c1. The number of pyridine rings is 1.